The minimum absolute atomic E-state index is 0.170. The summed E-state index contributed by atoms with van der Waals surface area (Å²) in [5, 5.41) is 6.43. The van der Waals surface area contributed by atoms with Crippen LogP contribution in [0.5, 0.6) is 11.5 Å². The second-order valence-electron chi connectivity index (χ2n) is 8.98. The van der Waals surface area contributed by atoms with Crippen LogP contribution in [0.2, 0.25) is 10.0 Å². The van der Waals surface area contributed by atoms with Gasteiger partial charge >= 0.3 is 0 Å². The van der Waals surface area contributed by atoms with E-state index in [-0.39, 0.29) is 25.2 Å². The Kier molecular flexibility index (Phi) is 8.12. The van der Waals surface area contributed by atoms with Gasteiger partial charge in [0.15, 0.2) is 11.5 Å². The Labute approximate surface area is 230 Å². The van der Waals surface area contributed by atoms with Crippen LogP contribution in [0.1, 0.15) is 21.5 Å². The van der Waals surface area contributed by atoms with E-state index in [2.05, 4.69) is 10.0 Å². The SMILES string of the molecule is O=C(CN(/N=C/c1ccc(Cl)cc1Cl)C(=O)c1ccccc1)N1CCN(Cc2ccc3c(c2)OCO3)CC1. The summed E-state index contributed by atoms with van der Waals surface area (Å²) in [6.07, 6.45) is 1.47. The number of ether oxygens (including phenoxy) is 2. The summed E-state index contributed by atoms with van der Waals surface area (Å²) in [6.45, 7) is 3.38. The Hall–Kier alpha value is -3.59. The maximum atomic E-state index is 13.2. The first-order chi connectivity index (χ1) is 18.5. The van der Waals surface area contributed by atoms with E-state index in [0.717, 1.165) is 36.7 Å². The molecule has 0 saturated carbocycles. The number of carbonyl (C=O) groups is 2. The van der Waals surface area contributed by atoms with E-state index in [4.69, 9.17) is 32.7 Å². The van der Waals surface area contributed by atoms with Crippen molar-refractivity contribution >= 4 is 41.2 Å². The van der Waals surface area contributed by atoms with Gasteiger partial charge in [0.1, 0.15) is 6.54 Å². The fraction of sp³-hybridized carbons (Fsp3) is 0.250. The number of amides is 2. The van der Waals surface area contributed by atoms with Crippen molar-refractivity contribution in [1.29, 1.82) is 0 Å². The van der Waals surface area contributed by atoms with Crippen molar-refractivity contribution < 1.29 is 19.1 Å². The zero-order valence-electron chi connectivity index (χ0n) is 20.6. The lowest BCUT2D eigenvalue weighted by molar-refractivity contribution is -0.133. The molecule has 0 radical (unpaired) electrons. The summed E-state index contributed by atoms with van der Waals surface area (Å²) in [4.78, 5) is 30.5. The van der Waals surface area contributed by atoms with E-state index in [9.17, 15) is 9.59 Å². The normalized spacial score (nSPS) is 15.2. The minimum atomic E-state index is -0.373. The van der Waals surface area contributed by atoms with Gasteiger partial charge in [0.25, 0.3) is 5.91 Å². The number of nitrogens with zero attached hydrogens (tertiary/aromatic N) is 4. The third-order valence-corrected chi connectivity index (χ3v) is 6.97. The van der Waals surface area contributed by atoms with Crippen LogP contribution in [0.3, 0.4) is 0 Å². The van der Waals surface area contributed by atoms with Crippen molar-refractivity contribution in [3.8, 4) is 11.5 Å². The molecule has 3 aromatic carbocycles. The van der Waals surface area contributed by atoms with E-state index < -0.39 is 0 Å². The van der Waals surface area contributed by atoms with Gasteiger partial charge in [-0.05, 0) is 42.0 Å². The van der Waals surface area contributed by atoms with Crippen molar-refractivity contribution in [3.05, 3.63) is 93.5 Å². The molecule has 1 fully saturated rings. The zero-order valence-corrected chi connectivity index (χ0v) is 22.1. The highest BCUT2D eigenvalue weighted by molar-refractivity contribution is 6.36. The molecule has 0 bridgehead atoms. The fourth-order valence-corrected chi connectivity index (χ4v) is 4.77. The van der Waals surface area contributed by atoms with Crippen LogP contribution in [0.25, 0.3) is 0 Å². The summed E-state index contributed by atoms with van der Waals surface area (Å²) < 4.78 is 10.9. The second kappa shape index (κ2) is 11.9. The molecule has 0 aliphatic carbocycles. The number of rotatable bonds is 7. The van der Waals surface area contributed by atoms with Crippen LogP contribution in [0.15, 0.2) is 71.8 Å². The quantitative estimate of drug-likeness (QED) is 0.317. The Bertz CT molecular complexity index is 1340. The topological polar surface area (TPSA) is 74.7 Å². The number of hydrogen-bond acceptors (Lipinski definition) is 6. The third kappa shape index (κ3) is 6.27. The van der Waals surface area contributed by atoms with Gasteiger partial charge < -0.3 is 14.4 Å². The molecule has 1 saturated heterocycles. The smallest absolute Gasteiger partial charge is 0.274 e. The number of halogens is 2. The van der Waals surface area contributed by atoms with Crippen LogP contribution in [0, 0.1) is 0 Å². The molecule has 2 heterocycles. The van der Waals surface area contributed by atoms with Gasteiger partial charge in [-0.15, -0.1) is 0 Å². The highest BCUT2D eigenvalue weighted by Crippen LogP contribution is 2.32. The molecule has 2 aliphatic rings. The highest BCUT2D eigenvalue weighted by Gasteiger charge is 2.26. The number of hydrogen-bond donors (Lipinski definition) is 0. The fourth-order valence-electron chi connectivity index (χ4n) is 4.31. The number of hydrazone groups is 1. The molecule has 2 amide bonds. The van der Waals surface area contributed by atoms with Crippen molar-refractivity contribution in [2.24, 2.45) is 5.10 Å². The molecule has 0 atom stereocenters. The van der Waals surface area contributed by atoms with Crippen LogP contribution < -0.4 is 9.47 Å². The lowest BCUT2D eigenvalue weighted by Crippen LogP contribution is -2.51. The molecular formula is C28H26Cl2N4O4. The Morgan fingerprint density at radius 1 is 0.921 bits per heavy atom. The Morgan fingerprint density at radius 2 is 1.68 bits per heavy atom. The van der Waals surface area contributed by atoms with Gasteiger partial charge in [-0.1, -0.05) is 53.5 Å². The number of carbonyl (C=O) groups excluding carboxylic acids is 2. The predicted octanol–water partition coefficient (Wildman–Crippen LogP) is 4.54. The lowest BCUT2D eigenvalue weighted by Gasteiger charge is -2.35. The predicted molar refractivity (Wildman–Crippen MR) is 146 cm³/mol. The first-order valence-electron chi connectivity index (χ1n) is 12.2. The number of piperazine rings is 1. The van der Waals surface area contributed by atoms with Crippen molar-refractivity contribution in [3.63, 3.8) is 0 Å². The van der Waals surface area contributed by atoms with Crippen LogP contribution in [-0.2, 0) is 11.3 Å². The Balaban J connectivity index is 1.22. The minimum Gasteiger partial charge on any atom is -0.454 e. The van der Waals surface area contributed by atoms with E-state index in [1.165, 1.54) is 11.2 Å². The molecule has 0 unspecified atom stereocenters. The van der Waals surface area contributed by atoms with E-state index in [1.807, 2.05) is 24.3 Å². The second-order valence-corrected chi connectivity index (χ2v) is 9.83. The van der Waals surface area contributed by atoms with Crippen molar-refractivity contribution in [2.45, 2.75) is 6.54 Å². The molecule has 10 heteroatoms. The number of benzene rings is 3. The van der Waals surface area contributed by atoms with Crippen LogP contribution >= 0.6 is 23.2 Å². The molecule has 0 spiro atoms. The van der Waals surface area contributed by atoms with Gasteiger partial charge in [-0.3, -0.25) is 14.5 Å². The molecule has 2 aliphatic heterocycles. The average molecular weight is 553 g/mol. The zero-order chi connectivity index (χ0) is 26.5. The molecule has 8 nitrogen and oxygen atoms in total. The average Bonchev–Trinajstić information content (AvgIpc) is 3.40. The highest BCUT2D eigenvalue weighted by atomic mass is 35.5. The summed E-state index contributed by atoms with van der Waals surface area (Å²) in [5.41, 5.74) is 2.16. The van der Waals surface area contributed by atoms with Gasteiger partial charge in [-0.25, -0.2) is 5.01 Å². The van der Waals surface area contributed by atoms with Gasteiger partial charge in [-0.2, -0.15) is 5.10 Å². The monoisotopic (exact) mass is 552 g/mol. The molecule has 38 heavy (non-hydrogen) atoms. The molecule has 3 aromatic rings. The summed E-state index contributed by atoms with van der Waals surface area (Å²) >= 11 is 12.2. The standard InChI is InChI=1S/C28H26Cl2N4O4/c29-23-8-7-22(24(30)15-23)16-31-34(28(36)21-4-2-1-3-5-21)18-27(35)33-12-10-32(11-13-33)17-20-6-9-25-26(14-20)38-19-37-25/h1-9,14-16H,10-13,17-19H2/b31-16+. The van der Waals surface area contributed by atoms with Crippen LogP contribution in [-0.4, -0.2) is 72.4 Å². The van der Waals surface area contributed by atoms with Gasteiger partial charge in [0.05, 0.1) is 11.2 Å². The maximum Gasteiger partial charge on any atom is 0.274 e. The van der Waals surface area contributed by atoms with E-state index >= 15 is 0 Å². The lowest BCUT2D eigenvalue weighted by atomic mass is 10.1. The van der Waals surface area contributed by atoms with Crippen molar-refractivity contribution in [1.82, 2.24) is 14.8 Å². The summed E-state index contributed by atoms with van der Waals surface area (Å²) in [6, 6.07) is 19.7. The summed E-state index contributed by atoms with van der Waals surface area (Å²) in [5.74, 6) is 0.984. The molecule has 0 aromatic heterocycles. The first kappa shape index (κ1) is 26.0. The maximum absolute atomic E-state index is 13.2. The molecule has 0 N–H and O–H groups in total. The van der Waals surface area contributed by atoms with E-state index in [1.54, 1.807) is 47.4 Å². The van der Waals surface area contributed by atoms with E-state index in [0.29, 0.717) is 34.3 Å². The van der Waals surface area contributed by atoms with Gasteiger partial charge in [0, 0.05) is 48.9 Å². The first-order valence-corrected chi connectivity index (χ1v) is 13.0. The molecule has 196 valence electrons. The summed E-state index contributed by atoms with van der Waals surface area (Å²) in [7, 11) is 0. The third-order valence-electron chi connectivity index (χ3n) is 6.41. The largest absolute Gasteiger partial charge is 0.454 e. The van der Waals surface area contributed by atoms with Crippen LogP contribution in [0.4, 0.5) is 0 Å². The molecule has 5 rings (SSSR count). The Morgan fingerprint density at radius 3 is 2.45 bits per heavy atom. The van der Waals surface area contributed by atoms with Crippen molar-refractivity contribution in [2.75, 3.05) is 39.5 Å². The number of fused-ring (bicyclic) bond motifs is 1. The molecular weight excluding hydrogens is 527 g/mol. The van der Waals surface area contributed by atoms with Gasteiger partial charge in [0.2, 0.25) is 12.7 Å².